The zero-order valence-corrected chi connectivity index (χ0v) is 12.2. The summed E-state index contributed by atoms with van der Waals surface area (Å²) in [5.41, 5.74) is 1.26. The normalized spacial score (nSPS) is 11.3. The molecule has 0 radical (unpaired) electrons. The van der Waals surface area contributed by atoms with Crippen LogP contribution in [-0.4, -0.2) is 29.5 Å². The standard InChI is InChI=1S/C11H11N3O4S2/c1-6-3-7(2)13-11(12-6)14-20(17,18)8-4-9(10(15)16)19-5-8/h3-5H,1-2H3,(H,15,16)(H,12,13,14). The molecule has 9 heteroatoms. The fourth-order valence-electron chi connectivity index (χ4n) is 1.52. The van der Waals surface area contributed by atoms with Crippen molar-refractivity contribution in [2.24, 2.45) is 0 Å². The van der Waals surface area contributed by atoms with E-state index < -0.39 is 16.0 Å². The second-order valence-electron chi connectivity index (χ2n) is 4.03. The van der Waals surface area contributed by atoms with Crippen molar-refractivity contribution in [2.75, 3.05) is 4.72 Å². The van der Waals surface area contributed by atoms with Gasteiger partial charge in [0.25, 0.3) is 10.0 Å². The molecule has 0 aliphatic carbocycles. The highest BCUT2D eigenvalue weighted by atomic mass is 32.2. The van der Waals surface area contributed by atoms with Gasteiger partial charge in [-0.3, -0.25) is 0 Å². The fourth-order valence-corrected chi connectivity index (χ4v) is 3.58. The first-order valence-corrected chi connectivity index (χ1v) is 7.81. The van der Waals surface area contributed by atoms with Crippen LogP contribution in [0, 0.1) is 13.8 Å². The molecular formula is C11H11N3O4S2. The summed E-state index contributed by atoms with van der Waals surface area (Å²) in [4.78, 5) is 18.5. The lowest BCUT2D eigenvalue weighted by molar-refractivity contribution is 0.0702. The second-order valence-corrected chi connectivity index (χ2v) is 6.63. The summed E-state index contributed by atoms with van der Waals surface area (Å²) in [7, 11) is -3.89. The van der Waals surface area contributed by atoms with Gasteiger partial charge in [0.05, 0.1) is 4.90 Å². The molecule has 7 nitrogen and oxygen atoms in total. The average molecular weight is 313 g/mol. The van der Waals surface area contributed by atoms with Gasteiger partial charge in [-0.15, -0.1) is 11.3 Å². The van der Waals surface area contributed by atoms with Crippen LogP contribution in [0.15, 0.2) is 22.4 Å². The molecule has 0 aromatic carbocycles. The molecule has 2 N–H and O–H groups in total. The molecular weight excluding hydrogens is 302 g/mol. The monoisotopic (exact) mass is 313 g/mol. The number of hydrogen-bond acceptors (Lipinski definition) is 6. The van der Waals surface area contributed by atoms with Gasteiger partial charge in [0.2, 0.25) is 5.95 Å². The van der Waals surface area contributed by atoms with Crippen molar-refractivity contribution in [1.82, 2.24) is 9.97 Å². The number of aryl methyl sites for hydroxylation is 2. The lowest BCUT2D eigenvalue weighted by atomic mass is 10.4. The maximum Gasteiger partial charge on any atom is 0.345 e. The molecule has 0 saturated heterocycles. The molecule has 2 heterocycles. The Labute approximate surface area is 119 Å². The third-order valence-electron chi connectivity index (χ3n) is 2.30. The summed E-state index contributed by atoms with van der Waals surface area (Å²) in [5.74, 6) is -1.20. The molecule has 2 aromatic heterocycles. The lowest BCUT2D eigenvalue weighted by Crippen LogP contribution is -2.15. The van der Waals surface area contributed by atoms with E-state index in [2.05, 4.69) is 14.7 Å². The number of aromatic carboxylic acids is 1. The van der Waals surface area contributed by atoms with Crippen molar-refractivity contribution in [2.45, 2.75) is 18.7 Å². The summed E-state index contributed by atoms with van der Waals surface area (Å²) >= 11 is 0.842. The number of aromatic nitrogens is 2. The number of carboxylic acids is 1. The molecule has 106 valence electrons. The van der Waals surface area contributed by atoms with Crippen LogP contribution in [0.1, 0.15) is 21.1 Å². The molecule has 0 aliphatic rings. The molecule has 0 spiro atoms. The number of rotatable bonds is 4. The Balaban J connectivity index is 2.32. The van der Waals surface area contributed by atoms with Gasteiger partial charge in [-0.1, -0.05) is 0 Å². The minimum absolute atomic E-state index is 0.0365. The van der Waals surface area contributed by atoms with Crippen molar-refractivity contribution in [1.29, 1.82) is 0 Å². The smallest absolute Gasteiger partial charge is 0.345 e. The van der Waals surface area contributed by atoms with Crippen LogP contribution in [0.5, 0.6) is 0 Å². The van der Waals surface area contributed by atoms with Crippen molar-refractivity contribution < 1.29 is 18.3 Å². The Morgan fingerprint density at radius 3 is 2.35 bits per heavy atom. The maximum absolute atomic E-state index is 12.1. The zero-order valence-electron chi connectivity index (χ0n) is 10.6. The first-order valence-electron chi connectivity index (χ1n) is 5.45. The summed E-state index contributed by atoms with van der Waals surface area (Å²) in [6.45, 7) is 3.44. The van der Waals surface area contributed by atoms with Crippen LogP contribution >= 0.6 is 11.3 Å². The van der Waals surface area contributed by atoms with Gasteiger partial charge in [-0.2, -0.15) is 0 Å². The quantitative estimate of drug-likeness (QED) is 0.888. The number of anilines is 1. The highest BCUT2D eigenvalue weighted by Crippen LogP contribution is 2.21. The third-order valence-corrected chi connectivity index (χ3v) is 4.68. The van der Waals surface area contributed by atoms with Crippen LogP contribution in [-0.2, 0) is 10.0 Å². The Morgan fingerprint density at radius 2 is 1.85 bits per heavy atom. The van der Waals surface area contributed by atoms with Crippen LogP contribution in [0.2, 0.25) is 0 Å². The van der Waals surface area contributed by atoms with Crippen molar-refractivity contribution in [3.63, 3.8) is 0 Å². The van der Waals surface area contributed by atoms with Crippen molar-refractivity contribution >= 4 is 33.3 Å². The summed E-state index contributed by atoms with van der Waals surface area (Å²) < 4.78 is 26.4. The number of nitrogens with zero attached hydrogens (tertiary/aromatic N) is 2. The molecule has 0 bridgehead atoms. The number of nitrogens with one attached hydrogen (secondary N) is 1. The molecule has 0 amide bonds. The SMILES string of the molecule is Cc1cc(C)nc(NS(=O)(=O)c2csc(C(=O)O)c2)n1. The van der Waals surface area contributed by atoms with E-state index in [4.69, 9.17) is 5.11 Å². The van der Waals surface area contributed by atoms with E-state index >= 15 is 0 Å². The number of hydrogen-bond donors (Lipinski definition) is 2. The van der Waals surface area contributed by atoms with Gasteiger partial charge in [0.15, 0.2) is 0 Å². The Hall–Kier alpha value is -2.00. The molecule has 20 heavy (non-hydrogen) atoms. The van der Waals surface area contributed by atoms with E-state index in [0.717, 1.165) is 17.4 Å². The van der Waals surface area contributed by atoms with Crippen LogP contribution in [0.3, 0.4) is 0 Å². The number of carboxylic acid groups (broad SMARTS) is 1. The number of carbonyl (C=O) groups is 1. The predicted molar refractivity (Wildman–Crippen MR) is 73.6 cm³/mol. The molecule has 0 fully saturated rings. The third kappa shape index (κ3) is 3.11. The molecule has 0 aliphatic heterocycles. The predicted octanol–water partition coefficient (Wildman–Crippen LogP) is 1.65. The van der Waals surface area contributed by atoms with E-state index in [1.165, 1.54) is 5.38 Å². The van der Waals surface area contributed by atoms with Crippen LogP contribution < -0.4 is 4.72 Å². The van der Waals surface area contributed by atoms with Gasteiger partial charge in [-0.25, -0.2) is 27.9 Å². The van der Waals surface area contributed by atoms with Gasteiger partial charge in [0, 0.05) is 16.8 Å². The van der Waals surface area contributed by atoms with Gasteiger partial charge in [0.1, 0.15) is 4.88 Å². The number of thiophene rings is 1. The molecule has 2 rings (SSSR count). The molecule has 0 unspecified atom stereocenters. The Bertz CT molecular complexity index is 747. The molecule has 2 aromatic rings. The van der Waals surface area contributed by atoms with Gasteiger partial charge in [-0.05, 0) is 26.0 Å². The van der Waals surface area contributed by atoms with Gasteiger partial charge < -0.3 is 5.11 Å². The highest BCUT2D eigenvalue weighted by Gasteiger charge is 2.19. The summed E-state index contributed by atoms with van der Waals surface area (Å²) in [6.07, 6.45) is 0. The van der Waals surface area contributed by atoms with E-state index in [0.29, 0.717) is 11.4 Å². The van der Waals surface area contributed by atoms with E-state index in [1.807, 2.05) is 0 Å². The van der Waals surface area contributed by atoms with Crippen LogP contribution in [0.25, 0.3) is 0 Å². The molecule has 0 saturated carbocycles. The lowest BCUT2D eigenvalue weighted by Gasteiger charge is -2.06. The summed E-state index contributed by atoms with van der Waals surface area (Å²) in [5, 5.41) is 10.1. The van der Waals surface area contributed by atoms with E-state index in [1.54, 1.807) is 19.9 Å². The fraction of sp³-hybridized carbons (Fsp3) is 0.182. The Morgan fingerprint density at radius 1 is 1.25 bits per heavy atom. The summed E-state index contributed by atoms with van der Waals surface area (Å²) in [6, 6.07) is 2.81. The number of sulfonamides is 1. The topological polar surface area (TPSA) is 109 Å². The van der Waals surface area contributed by atoms with Crippen LogP contribution in [0.4, 0.5) is 5.95 Å². The molecule has 0 atom stereocenters. The second kappa shape index (κ2) is 5.17. The Kier molecular flexibility index (Phi) is 3.73. The minimum atomic E-state index is -3.89. The van der Waals surface area contributed by atoms with E-state index in [9.17, 15) is 13.2 Å². The van der Waals surface area contributed by atoms with Crippen molar-refractivity contribution in [3.05, 3.63) is 33.8 Å². The highest BCUT2D eigenvalue weighted by molar-refractivity contribution is 7.92. The first kappa shape index (κ1) is 14.4. The largest absolute Gasteiger partial charge is 0.477 e. The van der Waals surface area contributed by atoms with Gasteiger partial charge >= 0.3 is 5.97 Å². The van der Waals surface area contributed by atoms with Crippen molar-refractivity contribution in [3.8, 4) is 0 Å². The first-order chi connectivity index (χ1) is 9.28. The zero-order chi connectivity index (χ0) is 14.9. The maximum atomic E-state index is 12.1. The van der Waals surface area contributed by atoms with E-state index in [-0.39, 0.29) is 15.7 Å². The average Bonchev–Trinajstić information content (AvgIpc) is 2.76. The minimum Gasteiger partial charge on any atom is -0.477 e.